The van der Waals surface area contributed by atoms with Gasteiger partial charge in [0.05, 0.1) is 34.4 Å². The van der Waals surface area contributed by atoms with Crippen LogP contribution < -0.4 is 0 Å². The van der Waals surface area contributed by atoms with E-state index < -0.39 is 24.3 Å². The van der Waals surface area contributed by atoms with Crippen LogP contribution in [0.4, 0.5) is 0 Å². The summed E-state index contributed by atoms with van der Waals surface area (Å²) in [5, 5.41) is 9.77. The van der Waals surface area contributed by atoms with Crippen molar-refractivity contribution >= 4 is 17.9 Å². The molecule has 0 aliphatic rings. The van der Waals surface area contributed by atoms with E-state index in [1.807, 2.05) is 21.1 Å². The third-order valence-electron chi connectivity index (χ3n) is 16.0. The van der Waals surface area contributed by atoms with Crippen LogP contribution >= 0.6 is 0 Å². The van der Waals surface area contributed by atoms with Crippen LogP contribution in [0, 0.1) is 0 Å². The van der Waals surface area contributed by atoms with Gasteiger partial charge in [-0.25, -0.2) is 4.79 Å². The fraction of sp³-hybridized carbons (Fsp3) is 0.589. The molecular formula is C90H144NO8+. The minimum atomic E-state index is -1.53. The van der Waals surface area contributed by atoms with E-state index in [-0.39, 0.29) is 38.6 Å². The zero-order valence-corrected chi connectivity index (χ0v) is 63.6. The average Bonchev–Trinajstić information content (AvgIpc) is 1.14. The maximum atomic E-state index is 13.0. The molecule has 0 heterocycles. The van der Waals surface area contributed by atoms with Crippen molar-refractivity contribution in [3.05, 3.63) is 207 Å². The number of carbonyl (C=O) groups is 3. The summed E-state index contributed by atoms with van der Waals surface area (Å²) in [6.07, 6.45) is 118. The zero-order valence-electron chi connectivity index (χ0n) is 63.6. The number of aliphatic carboxylic acids is 1. The largest absolute Gasteiger partial charge is 0.477 e. The third-order valence-corrected chi connectivity index (χ3v) is 16.0. The van der Waals surface area contributed by atoms with Gasteiger partial charge in [0.2, 0.25) is 0 Å². The van der Waals surface area contributed by atoms with Gasteiger partial charge in [-0.15, -0.1) is 0 Å². The molecule has 0 aliphatic heterocycles. The summed E-state index contributed by atoms with van der Waals surface area (Å²) >= 11 is 0. The van der Waals surface area contributed by atoms with E-state index in [4.69, 9.17) is 18.9 Å². The monoisotopic (exact) mass is 1370 g/mol. The first-order chi connectivity index (χ1) is 48.6. The Morgan fingerprint density at radius 2 is 0.545 bits per heavy atom. The smallest absolute Gasteiger partial charge is 0.361 e. The van der Waals surface area contributed by atoms with Gasteiger partial charge in [-0.1, -0.05) is 330 Å². The summed E-state index contributed by atoms with van der Waals surface area (Å²) in [6.45, 7) is 4.63. The normalized spacial score (nSPS) is 13.8. The number of likely N-dealkylation sites (N-methyl/N-ethyl adjacent to an activating group) is 1. The van der Waals surface area contributed by atoms with Crippen molar-refractivity contribution in [3.63, 3.8) is 0 Å². The molecule has 0 radical (unpaired) electrons. The highest BCUT2D eigenvalue weighted by molar-refractivity contribution is 5.71. The second-order valence-corrected chi connectivity index (χ2v) is 26.6. The SMILES string of the molecule is CC/C=C\C/C=C\C/C=C\C/C=C\C/C=C\C/C=C\C/C=C\C/C=C\C/C=C\C/C=C\CCCCCCCCCCC(=O)OC(COC(=O)CCCCCCCCCCCCCCC/C=C\C/C=C\C/C=C\C/C=C\C/C=C\C/C=C\C/C=C\CC)COC(OCC[N+](C)(C)C)C(=O)O. The molecule has 0 aromatic rings. The van der Waals surface area contributed by atoms with E-state index in [1.165, 1.54) is 96.3 Å². The molecule has 0 saturated heterocycles. The molecule has 2 unspecified atom stereocenters. The van der Waals surface area contributed by atoms with E-state index in [2.05, 4.69) is 220 Å². The van der Waals surface area contributed by atoms with Crippen LogP contribution in [-0.2, 0) is 33.3 Å². The second-order valence-electron chi connectivity index (χ2n) is 26.6. The molecule has 0 aromatic carbocycles. The van der Waals surface area contributed by atoms with Crippen LogP contribution in [0.25, 0.3) is 0 Å². The maximum absolute atomic E-state index is 13.0. The van der Waals surface area contributed by atoms with Crippen molar-refractivity contribution in [2.75, 3.05) is 47.5 Å². The molecule has 2 atom stereocenters. The van der Waals surface area contributed by atoms with Gasteiger partial charge in [0.1, 0.15) is 13.2 Å². The van der Waals surface area contributed by atoms with Crippen LogP contribution in [0.1, 0.15) is 284 Å². The van der Waals surface area contributed by atoms with Crippen LogP contribution in [0.3, 0.4) is 0 Å². The summed E-state index contributed by atoms with van der Waals surface area (Å²) in [7, 11) is 5.97. The molecule has 0 rings (SSSR count). The number of ether oxygens (including phenoxy) is 4. The van der Waals surface area contributed by atoms with E-state index in [9.17, 15) is 19.5 Å². The Hall–Kier alpha value is -6.13. The van der Waals surface area contributed by atoms with E-state index in [0.717, 1.165) is 154 Å². The van der Waals surface area contributed by atoms with Gasteiger partial charge in [-0.05, 0) is 148 Å². The fourth-order valence-electron chi connectivity index (χ4n) is 10.1. The van der Waals surface area contributed by atoms with Gasteiger partial charge in [0.15, 0.2) is 6.10 Å². The lowest BCUT2D eigenvalue weighted by Gasteiger charge is -2.25. The quantitative estimate of drug-likeness (QED) is 0.0211. The summed E-state index contributed by atoms with van der Waals surface area (Å²) in [4.78, 5) is 37.7. The molecule has 99 heavy (non-hydrogen) atoms. The number of quaternary nitrogens is 1. The molecule has 0 bridgehead atoms. The summed E-state index contributed by atoms with van der Waals surface area (Å²) < 4.78 is 23.0. The number of hydrogen-bond donors (Lipinski definition) is 1. The van der Waals surface area contributed by atoms with Crippen molar-refractivity contribution in [1.82, 2.24) is 0 Å². The van der Waals surface area contributed by atoms with Crippen LogP contribution in [0.15, 0.2) is 207 Å². The molecule has 0 amide bonds. The Kier molecular flexibility index (Phi) is 72.8. The average molecular weight is 1370 g/mol. The lowest BCUT2D eigenvalue weighted by Crippen LogP contribution is -2.40. The molecule has 0 saturated carbocycles. The van der Waals surface area contributed by atoms with Crippen molar-refractivity contribution in [2.45, 2.75) is 296 Å². The van der Waals surface area contributed by atoms with Gasteiger partial charge in [0.25, 0.3) is 6.29 Å². The predicted octanol–water partition coefficient (Wildman–Crippen LogP) is 25.5. The molecule has 1 N–H and O–H groups in total. The highest BCUT2D eigenvalue weighted by atomic mass is 16.7. The molecule has 0 spiro atoms. The minimum Gasteiger partial charge on any atom is -0.477 e. The summed E-state index contributed by atoms with van der Waals surface area (Å²) in [5.74, 6) is -2.03. The lowest BCUT2D eigenvalue weighted by atomic mass is 10.0. The molecule has 9 heteroatoms. The number of allylic oxidation sites excluding steroid dienone is 34. The number of esters is 2. The standard InChI is InChI=1S/C90H143NO8/c1-6-8-10-12-14-16-18-20-22-24-26-28-30-32-34-36-38-40-42-43-44-45-47-49-51-53-55-57-59-61-63-65-67-69-71-73-75-77-79-81-88(93)99-86(85-98-90(89(94)95)96-83-82-91(3,4)5)84-97-87(92)80-78-76-74-72-70-68-66-64-62-60-58-56-54-52-50-48-46-41-39-37-35-33-31-29-27-25-23-21-19-17-15-13-11-9-7-2/h8-11,14-17,20-23,26-29,32-35,38-41,43-44,47-50,53,55,59,61,86,90H,6-7,12-13,18-19,24-25,30-31,36-37,42,45-46,51-52,54,56-58,60,62-85H2,1-5H3/p+1/b10-8-,11-9-,16-14-,17-15-,22-20-,23-21-,28-26-,29-27-,34-32-,35-33-,40-38-,41-39-,44-43-,49-47-,50-48-,55-53-,61-59-. The third kappa shape index (κ3) is 79.1. The first-order valence-electron chi connectivity index (χ1n) is 39.2. The van der Waals surface area contributed by atoms with E-state index in [1.54, 1.807) is 0 Å². The number of carboxylic acid groups (broad SMARTS) is 1. The molecule has 0 fully saturated rings. The summed E-state index contributed by atoms with van der Waals surface area (Å²) in [6, 6.07) is 0. The Labute approximate surface area is 607 Å². The lowest BCUT2D eigenvalue weighted by molar-refractivity contribution is -0.870. The van der Waals surface area contributed by atoms with Gasteiger partial charge in [-0.2, -0.15) is 0 Å². The first-order valence-corrected chi connectivity index (χ1v) is 39.2. The van der Waals surface area contributed by atoms with Crippen LogP contribution in [0.2, 0.25) is 0 Å². The highest BCUT2D eigenvalue weighted by Crippen LogP contribution is 2.16. The number of unbranched alkanes of at least 4 members (excludes halogenated alkanes) is 21. The fourth-order valence-corrected chi connectivity index (χ4v) is 10.1. The van der Waals surface area contributed by atoms with Crippen molar-refractivity contribution in [3.8, 4) is 0 Å². The van der Waals surface area contributed by atoms with Crippen molar-refractivity contribution in [1.29, 1.82) is 0 Å². The highest BCUT2D eigenvalue weighted by Gasteiger charge is 2.25. The number of rotatable bonds is 70. The summed E-state index contributed by atoms with van der Waals surface area (Å²) in [5.41, 5.74) is 0. The second kappa shape index (κ2) is 77.6. The predicted molar refractivity (Wildman–Crippen MR) is 428 cm³/mol. The zero-order chi connectivity index (χ0) is 71.8. The van der Waals surface area contributed by atoms with Crippen LogP contribution in [0.5, 0.6) is 0 Å². The van der Waals surface area contributed by atoms with Crippen molar-refractivity contribution in [2.24, 2.45) is 0 Å². The van der Waals surface area contributed by atoms with Gasteiger partial charge in [0, 0.05) is 12.8 Å². The Bertz CT molecular complexity index is 2390. The number of hydrogen-bond acceptors (Lipinski definition) is 7. The number of nitrogens with zero attached hydrogens (tertiary/aromatic N) is 1. The molecule has 556 valence electrons. The molecular weight excluding hydrogens is 1220 g/mol. The maximum Gasteiger partial charge on any atom is 0.361 e. The molecule has 0 aliphatic carbocycles. The van der Waals surface area contributed by atoms with Gasteiger partial charge in [-0.3, -0.25) is 9.59 Å². The van der Waals surface area contributed by atoms with Crippen LogP contribution in [-0.4, -0.2) is 87.4 Å². The Balaban J connectivity index is 4.16. The topological polar surface area (TPSA) is 108 Å². The van der Waals surface area contributed by atoms with E-state index in [0.29, 0.717) is 17.4 Å². The first kappa shape index (κ1) is 92.9. The molecule has 9 nitrogen and oxygen atoms in total. The molecule has 0 aromatic heterocycles. The number of carbonyl (C=O) groups excluding carboxylic acids is 2. The van der Waals surface area contributed by atoms with Crippen molar-refractivity contribution < 1.29 is 42.9 Å². The van der Waals surface area contributed by atoms with Gasteiger partial charge < -0.3 is 28.5 Å². The minimum absolute atomic E-state index is 0.176. The Morgan fingerprint density at radius 3 is 0.808 bits per heavy atom. The Morgan fingerprint density at radius 1 is 0.303 bits per heavy atom. The van der Waals surface area contributed by atoms with E-state index >= 15 is 0 Å². The number of carboxylic acids is 1. The van der Waals surface area contributed by atoms with Gasteiger partial charge >= 0.3 is 17.9 Å².